The predicted octanol–water partition coefficient (Wildman–Crippen LogP) is -0.529. The molecule has 101 valence electrons. The molecular weight excluding hydrogens is 277 g/mol. The summed E-state index contributed by atoms with van der Waals surface area (Å²) in [6.07, 6.45) is -1.08. The quantitative estimate of drug-likeness (QED) is 0.469. The summed E-state index contributed by atoms with van der Waals surface area (Å²) in [5.41, 5.74) is -0.842. The van der Waals surface area contributed by atoms with Crippen LogP contribution in [0.3, 0.4) is 0 Å². The molecule has 10 heteroatoms. The topological polar surface area (TPSA) is 130 Å². The zero-order valence-corrected chi connectivity index (χ0v) is 13.4. The van der Waals surface area contributed by atoms with Gasteiger partial charge >= 0.3 is 12.1 Å². The van der Waals surface area contributed by atoms with Crippen molar-refractivity contribution < 1.29 is 32.4 Å². The molecule has 0 aliphatic heterocycles. The standard InChI is InChI=1S/C8H15NO7S.Na/c1-8(2,3)16-7(12)9-5(6(10)11)4-17(13,14)15;/h5H,4H2,1-3H3,(H,9,12)(H,10,11)(H,13,14,15);. The van der Waals surface area contributed by atoms with Gasteiger partial charge in [-0.15, -0.1) is 0 Å². The number of carbonyl (C=O) groups excluding carboxylic acids is 1. The molecule has 18 heavy (non-hydrogen) atoms. The van der Waals surface area contributed by atoms with Gasteiger partial charge < -0.3 is 15.2 Å². The first-order chi connectivity index (χ1) is 7.41. The molecule has 8 nitrogen and oxygen atoms in total. The third-order valence-corrected chi connectivity index (χ3v) is 2.12. The van der Waals surface area contributed by atoms with Gasteiger partial charge in [-0.25, -0.2) is 9.59 Å². The molecule has 1 unspecified atom stereocenters. The van der Waals surface area contributed by atoms with Crippen LogP contribution in [0, 0.1) is 0 Å². The molecule has 0 rings (SSSR count). The Kier molecular flexibility index (Phi) is 8.09. The number of alkyl carbamates (subject to hydrolysis) is 1. The van der Waals surface area contributed by atoms with E-state index in [0.717, 1.165) is 0 Å². The number of ether oxygens (including phenoxy) is 1. The average molecular weight is 292 g/mol. The van der Waals surface area contributed by atoms with Crippen LogP contribution in [0.1, 0.15) is 20.8 Å². The molecule has 1 amide bonds. The second-order valence-electron chi connectivity index (χ2n) is 4.29. The minimum absolute atomic E-state index is 0. The minimum Gasteiger partial charge on any atom is -0.480 e. The van der Waals surface area contributed by atoms with E-state index in [1.807, 2.05) is 5.32 Å². The van der Waals surface area contributed by atoms with Crippen LogP contribution in [0.15, 0.2) is 0 Å². The number of amides is 1. The summed E-state index contributed by atoms with van der Waals surface area (Å²) in [6, 6.07) is -1.76. The number of carboxylic acids is 1. The third kappa shape index (κ3) is 10.8. The van der Waals surface area contributed by atoms with E-state index in [0.29, 0.717) is 0 Å². The van der Waals surface area contributed by atoms with Gasteiger partial charge in [0, 0.05) is 29.6 Å². The van der Waals surface area contributed by atoms with Crippen molar-refractivity contribution in [3.8, 4) is 0 Å². The van der Waals surface area contributed by atoms with Crippen molar-refractivity contribution >= 4 is 51.7 Å². The molecule has 0 fully saturated rings. The normalized spacial score (nSPS) is 13.1. The predicted molar refractivity (Wildman–Crippen MR) is 63.0 cm³/mol. The van der Waals surface area contributed by atoms with Gasteiger partial charge in [0.15, 0.2) is 0 Å². The van der Waals surface area contributed by atoms with Crippen molar-refractivity contribution in [2.45, 2.75) is 32.4 Å². The van der Waals surface area contributed by atoms with Crippen molar-refractivity contribution in [1.82, 2.24) is 5.32 Å². The fourth-order valence-corrected chi connectivity index (χ4v) is 1.48. The largest absolute Gasteiger partial charge is 0.480 e. The Morgan fingerprint density at radius 1 is 1.33 bits per heavy atom. The van der Waals surface area contributed by atoms with Crippen LogP contribution in [0.4, 0.5) is 4.79 Å². The summed E-state index contributed by atoms with van der Waals surface area (Å²) in [5.74, 6) is -2.71. The summed E-state index contributed by atoms with van der Waals surface area (Å²) in [6.45, 7) is 4.68. The van der Waals surface area contributed by atoms with E-state index in [1.165, 1.54) is 0 Å². The van der Waals surface area contributed by atoms with E-state index in [4.69, 9.17) is 14.4 Å². The van der Waals surface area contributed by atoms with Crippen LogP contribution in [0.2, 0.25) is 0 Å². The van der Waals surface area contributed by atoms with Crippen LogP contribution in [0.5, 0.6) is 0 Å². The zero-order valence-electron chi connectivity index (χ0n) is 10.6. The molecule has 0 spiro atoms. The van der Waals surface area contributed by atoms with Gasteiger partial charge in [0.1, 0.15) is 17.4 Å². The Labute approximate surface area is 127 Å². The zero-order chi connectivity index (χ0) is 13.9. The molecule has 0 aliphatic rings. The molecule has 0 saturated heterocycles. The Morgan fingerprint density at radius 3 is 2.06 bits per heavy atom. The van der Waals surface area contributed by atoms with Gasteiger partial charge in [-0.3, -0.25) is 4.55 Å². The van der Waals surface area contributed by atoms with E-state index in [1.54, 1.807) is 20.8 Å². The maximum atomic E-state index is 11.2. The molecule has 0 saturated carbocycles. The first-order valence-corrected chi connectivity index (χ1v) is 6.19. The van der Waals surface area contributed by atoms with Crippen LogP contribution in [-0.2, 0) is 19.6 Å². The molecule has 1 atom stereocenters. The van der Waals surface area contributed by atoms with Crippen molar-refractivity contribution in [3.63, 3.8) is 0 Å². The van der Waals surface area contributed by atoms with E-state index in [-0.39, 0.29) is 29.6 Å². The number of aliphatic carboxylic acids is 1. The molecule has 0 aromatic heterocycles. The fraction of sp³-hybridized carbons (Fsp3) is 0.750. The summed E-state index contributed by atoms with van der Waals surface area (Å²) < 4.78 is 34.3. The Bertz CT molecular complexity index is 400. The van der Waals surface area contributed by atoms with Gasteiger partial charge in [0.05, 0.1) is 0 Å². The van der Waals surface area contributed by atoms with Gasteiger partial charge in [-0.2, -0.15) is 8.42 Å². The molecule has 0 heterocycles. The molecule has 3 N–H and O–H groups in total. The van der Waals surface area contributed by atoms with Gasteiger partial charge in [-0.05, 0) is 20.8 Å². The average Bonchev–Trinajstić information content (AvgIpc) is 1.95. The molecular formula is C8H15NNaO7S. The summed E-state index contributed by atoms with van der Waals surface area (Å²) in [4.78, 5) is 21.8. The number of carboxylic acid groups (broad SMARTS) is 1. The molecule has 0 aromatic carbocycles. The molecule has 0 aliphatic carbocycles. The number of hydrogen-bond acceptors (Lipinski definition) is 5. The van der Waals surface area contributed by atoms with Gasteiger partial charge in [-0.1, -0.05) is 0 Å². The van der Waals surface area contributed by atoms with Crippen molar-refractivity contribution in [2.75, 3.05) is 5.75 Å². The number of rotatable bonds is 4. The van der Waals surface area contributed by atoms with Crippen LogP contribution in [0.25, 0.3) is 0 Å². The number of nitrogens with one attached hydrogen (secondary N) is 1. The molecule has 0 bridgehead atoms. The van der Waals surface area contributed by atoms with Crippen molar-refractivity contribution in [3.05, 3.63) is 0 Å². The Hall–Kier alpha value is -0.350. The summed E-state index contributed by atoms with van der Waals surface area (Å²) in [5, 5.41) is 10.5. The van der Waals surface area contributed by atoms with Gasteiger partial charge in [0.2, 0.25) is 0 Å². The van der Waals surface area contributed by atoms with Gasteiger partial charge in [0.25, 0.3) is 10.1 Å². The van der Waals surface area contributed by atoms with Crippen LogP contribution >= 0.6 is 0 Å². The second kappa shape index (κ2) is 7.29. The second-order valence-corrected chi connectivity index (χ2v) is 5.78. The van der Waals surface area contributed by atoms with E-state index < -0.39 is 39.6 Å². The number of carbonyl (C=O) groups is 2. The molecule has 0 aromatic rings. The first-order valence-electron chi connectivity index (χ1n) is 4.58. The van der Waals surface area contributed by atoms with E-state index in [2.05, 4.69) is 0 Å². The Morgan fingerprint density at radius 2 is 1.78 bits per heavy atom. The van der Waals surface area contributed by atoms with Crippen molar-refractivity contribution in [2.24, 2.45) is 0 Å². The smallest absolute Gasteiger partial charge is 0.408 e. The van der Waals surface area contributed by atoms with E-state index in [9.17, 15) is 18.0 Å². The monoisotopic (exact) mass is 292 g/mol. The minimum atomic E-state index is -4.51. The first kappa shape index (κ1) is 20.0. The Balaban J connectivity index is 0. The van der Waals surface area contributed by atoms with Crippen LogP contribution < -0.4 is 5.32 Å². The maximum absolute atomic E-state index is 11.2. The van der Waals surface area contributed by atoms with E-state index >= 15 is 0 Å². The fourth-order valence-electron chi connectivity index (χ4n) is 0.835. The van der Waals surface area contributed by atoms with Crippen molar-refractivity contribution in [1.29, 1.82) is 0 Å². The summed E-state index contributed by atoms with van der Waals surface area (Å²) >= 11 is 0. The SMILES string of the molecule is CC(C)(C)OC(=O)NC(CS(=O)(=O)O)C(=O)O.[Na]. The molecule has 1 radical (unpaired) electrons. The maximum Gasteiger partial charge on any atom is 0.408 e. The summed E-state index contributed by atoms with van der Waals surface area (Å²) in [7, 11) is -4.51. The number of hydrogen-bond donors (Lipinski definition) is 3. The van der Waals surface area contributed by atoms with Crippen LogP contribution in [-0.4, -0.2) is 77.1 Å². The third-order valence-electron chi connectivity index (χ3n) is 1.37.